The summed E-state index contributed by atoms with van der Waals surface area (Å²) in [5, 5.41) is 7.37. The van der Waals surface area contributed by atoms with Gasteiger partial charge in [0.1, 0.15) is 5.82 Å². The molecule has 0 saturated carbocycles. The summed E-state index contributed by atoms with van der Waals surface area (Å²) in [6.07, 6.45) is 8.91. The Balaban J connectivity index is 1.55. The standard InChI is InChI=1S/C23H19N5O2/c1-4-15-5-7-19-16(11-15)12-18(14-25-19)26-22-9-10-24-23(28-22)27-17-6-8-20(29-2)21(13-17)30-3/h1,5-14H,2-3H3,(H2,24,26,27,28). The molecule has 4 aromatic rings. The molecule has 0 saturated heterocycles. The molecule has 0 aliphatic rings. The summed E-state index contributed by atoms with van der Waals surface area (Å²) in [5.41, 5.74) is 3.26. The lowest BCUT2D eigenvalue weighted by Crippen LogP contribution is -2.01. The van der Waals surface area contributed by atoms with E-state index in [4.69, 9.17) is 15.9 Å². The highest BCUT2D eigenvalue weighted by Crippen LogP contribution is 2.30. The molecule has 2 heterocycles. The molecule has 0 bridgehead atoms. The van der Waals surface area contributed by atoms with Crippen LogP contribution in [0.5, 0.6) is 11.5 Å². The van der Waals surface area contributed by atoms with Gasteiger partial charge in [0.25, 0.3) is 0 Å². The van der Waals surface area contributed by atoms with Gasteiger partial charge in [0, 0.05) is 28.9 Å². The van der Waals surface area contributed by atoms with Crippen LogP contribution in [0.15, 0.2) is 60.9 Å². The van der Waals surface area contributed by atoms with Crippen molar-refractivity contribution in [3.8, 4) is 23.8 Å². The number of benzene rings is 2. The SMILES string of the molecule is C#Cc1ccc2ncc(Nc3ccnc(Nc4ccc(OC)c(OC)c4)n3)cc2c1. The molecule has 4 rings (SSSR count). The molecule has 2 aromatic carbocycles. The van der Waals surface area contributed by atoms with E-state index >= 15 is 0 Å². The van der Waals surface area contributed by atoms with Gasteiger partial charge in [0.15, 0.2) is 11.5 Å². The Bertz CT molecular complexity index is 1250. The minimum Gasteiger partial charge on any atom is -0.493 e. The van der Waals surface area contributed by atoms with Crippen molar-refractivity contribution >= 4 is 34.0 Å². The number of hydrogen-bond donors (Lipinski definition) is 2. The fourth-order valence-electron chi connectivity index (χ4n) is 2.97. The van der Waals surface area contributed by atoms with E-state index in [-0.39, 0.29) is 0 Å². The molecule has 0 aliphatic carbocycles. The molecule has 0 unspecified atom stereocenters. The van der Waals surface area contributed by atoms with Gasteiger partial charge in [-0.2, -0.15) is 4.98 Å². The number of terminal acetylenes is 1. The average molecular weight is 397 g/mol. The summed E-state index contributed by atoms with van der Waals surface area (Å²) in [7, 11) is 3.19. The van der Waals surface area contributed by atoms with Crippen molar-refractivity contribution in [3.63, 3.8) is 0 Å². The molecule has 0 fully saturated rings. The first-order chi connectivity index (χ1) is 14.7. The van der Waals surface area contributed by atoms with Gasteiger partial charge in [0.2, 0.25) is 5.95 Å². The first-order valence-corrected chi connectivity index (χ1v) is 9.14. The van der Waals surface area contributed by atoms with Crippen molar-refractivity contribution in [2.45, 2.75) is 0 Å². The maximum atomic E-state index is 5.49. The van der Waals surface area contributed by atoms with Crippen molar-refractivity contribution in [2.24, 2.45) is 0 Å². The van der Waals surface area contributed by atoms with Gasteiger partial charge in [-0.25, -0.2) is 4.98 Å². The van der Waals surface area contributed by atoms with Crippen LogP contribution < -0.4 is 20.1 Å². The van der Waals surface area contributed by atoms with Crippen molar-refractivity contribution in [1.29, 1.82) is 0 Å². The first-order valence-electron chi connectivity index (χ1n) is 9.14. The Labute approximate surface area is 174 Å². The van der Waals surface area contributed by atoms with Gasteiger partial charge in [-0.15, -0.1) is 6.42 Å². The van der Waals surface area contributed by atoms with Gasteiger partial charge >= 0.3 is 0 Å². The zero-order valence-electron chi connectivity index (χ0n) is 16.5. The van der Waals surface area contributed by atoms with Crippen LogP contribution in [-0.2, 0) is 0 Å². The number of nitrogens with one attached hydrogen (secondary N) is 2. The Kier molecular flexibility index (Phi) is 5.31. The zero-order valence-corrected chi connectivity index (χ0v) is 16.5. The number of ether oxygens (including phenoxy) is 2. The monoisotopic (exact) mass is 397 g/mol. The van der Waals surface area contributed by atoms with Crippen LogP contribution in [0.25, 0.3) is 10.9 Å². The summed E-state index contributed by atoms with van der Waals surface area (Å²) >= 11 is 0. The van der Waals surface area contributed by atoms with Gasteiger partial charge in [-0.05, 0) is 42.5 Å². The van der Waals surface area contributed by atoms with Crippen LogP contribution in [0.2, 0.25) is 0 Å². The van der Waals surface area contributed by atoms with Crippen molar-refractivity contribution in [2.75, 3.05) is 24.9 Å². The van der Waals surface area contributed by atoms with E-state index in [2.05, 4.69) is 31.5 Å². The highest BCUT2D eigenvalue weighted by molar-refractivity contribution is 5.83. The molecule has 0 spiro atoms. The van der Waals surface area contributed by atoms with E-state index in [1.54, 1.807) is 32.7 Å². The minimum absolute atomic E-state index is 0.440. The number of nitrogens with zero attached hydrogens (tertiary/aromatic N) is 3. The molecule has 0 aliphatic heterocycles. The first kappa shape index (κ1) is 19.0. The Morgan fingerprint density at radius 3 is 2.53 bits per heavy atom. The van der Waals surface area contributed by atoms with E-state index in [1.165, 1.54) is 0 Å². The Morgan fingerprint density at radius 2 is 1.73 bits per heavy atom. The van der Waals surface area contributed by atoms with E-state index in [9.17, 15) is 0 Å². The van der Waals surface area contributed by atoms with Crippen molar-refractivity contribution < 1.29 is 9.47 Å². The van der Waals surface area contributed by atoms with E-state index in [0.29, 0.717) is 23.3 Å². The predicted molar refractivity (Wildman–Crippen MR) is 118 cm³/mol. The molecule has 0 atom stereocenters. The third-order valence-corrected chi connectivity index (χ3v) is 4.42. The number of anilines is 4. The van der Waals surface area contributed by atoms with Crippen LogP contribution in [0, 0.1) is 12.3 Å². The van der Waals surface area contributed by atoms with Crippen LogP contribution >= 0.6 is 0 Å². The van der Waals surface area contributed by atoms with Gasteiger partial charge in [-0.1, -0.05) is 5.92 Å². The third-order valence-electron chi connectivity index (χ3n) is 4.42. The molecular formula is C23H19N5O2. The summed E-state index contributed by atoms with van der Waals surface area (Å²) in [6.45, 7) is 0. The zero-order chi connectivity index (χ0) is 20.9. The molecule has 0 amide bonds. The Morgan fingerprint density at radius 1 is 0.867 bits per heavy atom. The molecule has 30 heavy (non-hydrogen) atoms. The summed E-state index contributed by atoms with van der Waals surface area (Å²) < 4.78 is 10.6. The fraction of sp³-hybridized carbons (Fsp3) is 0.0870. The molecule has 0 radical (unpaired) electrons. The van der Waals surface area contributed by atoms with E-state index in [1.807, 2.05) is 42.5 Å². The predicted octanol–water partition coefficient (Wildman–Crippen LogP) is 4.51. The lowest BCUT2D eigenvalue weighted by atomic mass is 10.1. The number of aromatic nitrogens is 3. The molecule has 7 heteroatoms. The average Bonchev–Trinajstić information content (AvgIpc) is 2.78. The van der Waals surface area contributed by atoms with Gasteiger partial charge in [0.05, 0.1) is 31.6 Å². The van der Waals surface area contributed by atoms with Crippen LogP contribution in [0.3, 0.4) is 0 Å². The number of fused-ring (bicyclic) bond motifs is 1. The summed E-state index contributed by atoms with van der Waals surface area (Å²) in [5.74, 6) is 4.97. The summed E-state index contributed by atoms with van der Waals surface area (Å²) in [4.78, 5) is 13.2. The number of hydrogen-bond acceptors (Lipinski definition) is 7. The van der Waals surface area contributed by atoms with Gasteiger partial charge < -0.3 is 20.1 Å². The second-order valence-electron chi connectivity index (χ2n) is 6.36. The Hall–Kier alpha value is -4.31. The van der Waals surface area contributed by atoms with E-state index in [0.717, 1.165) is 27.8 Å². The second kappa shape index (κ2) is 8.37. The maximum Gasteiger partial charge on any atom is 0.229 e. The quantitative estimate of drug-likeness (QED) is 0.463. The van der Waals surface area contributed by atoms with Crippen molar-refractivity contribution in [1.82, 2.24) is 15.0 Å². The lowest BCUT2D eigenvalue weighted by Gasteiger charge is -2.11. The fourth-order valence-corrected chi connectivity index (χ4v) is 2.97. The van der Waals surface area contributed by atoms with Gasteiger partial charge in [-0.3, -0.25) is 4.98 Å². The number of pyridine rings is 1. The largest absolute Gasteiger partial charge is 0.493 e. The van der Waals surface area contributed by atoms with Crippen LogP contribution in [0.1, 0.15) is 5.56 Å². The normalized spacial score (nSPS) is 10.3. The minimum atomic E-state index is 0.440. The second-order valence-corrected chi connectivity index (χ2v) is 6.36. The maximum absolute atomic E-state index is 5.49. The molecule has 2 aromatic heterocycles. The molecular weight excluding hydrogens is 378 g/mol. The third kappa shape index (κ3) is 4.08. The smallest absolute Gasteiger partial charge is 0.229 e. The molecule has 2 N–H and O–H groups in total. The topological polar surface area (TPSA) is 81.2 Å². The summed E-state index contributed by atoms with van der Waals surface area (Å²) in [6, 6.07) is 15.0. The van der Waals surface area contributed by atoms with Crippen LogP contribution in [-0.4, -0.2) is 29.2 Å². The highest BCUT2D eigenvalue weighted by Gasteiger charge is 2.07. The lowest BCUT2D eigenvalue weighted by molar-refractivity contribution is 0.355. The molecule has 148 valence electrons. The number of methoxy groups -OCH3 is 2. The van der Waals surface area contributed by atoms with E-state index < -0.39 is 0 Å². The molecule has 7 nitrogen and oxygen atoms in total. The van der Waals surface area contributed by atoms with Crippen molar-refractivity contribution in [3.05, 3.63) is 66.5 Å². The van der Waals surface area contributed by atoms with Crippen LogP contribution in [0.4, 0.5) is 23.1 Å². The highest BCUT2D eigenvalue weighted by atomic mass is 16.5. The number of rotatable bonds is 6.